The SMILES string of the molecule is Cc1nc(COc2ccc(N)c3ncccc23)cs1. The highest BCUT2D eigenvalue weighted by atomic mass is 32.1. The first-order valence-corrected chi connectivity index (χ1v) is 6.79. The molecule has 5 heteroatoms. The summed E-state index contributed by atoms with van der Waals surface area (Å²) in [5.41, 5.74) is 8.28. The van der Waals surface area contributed by atoms with Crippen molar-refractivity contribution >= 4 is 27.9 Å². The number of fused-ring (bicyclic) bond motifs is 1. The third-order valence-corrected chi connectivity index (χ3v) is 3.63. The third kappa shape index (κ3) is 2.37. The van der Waals surface area contributed by atoms with Crippen LogP contribution < -0.4 is 10.5 Å². The van der Waals surface area contributed by atoms with Crippen molar-refractivity contribution in [2.45, 2.75) is 13.5 Å². The van der Waals surface area contributed by atoms with Gasteiger partial charge < -0.3 is 10.5 Å². The monoisotopic (exact) mass is 271 g/mol. The second kappa shape index (κ2) is 4.85. The molecule has 0 bridgehead atoms. The molecule has 0 saturated heterocycles. The van der Waals surface area contributed by atoms with Crippen molar-refractivity contribution in [3.05, 3.63) is 46.5 Å². The Bertz CT molecular complexity index is 724. The van der Waals surface area contributed by atoms with Gasteiger partial charge in [0.15, 0.2) is 0 Å². The van der Waals surface area contributed by atoms with Crippen LogP contribution in [0.1, 0.15) is 10.7 Å². The lowest BCUT2D eigenvalue weighted by molar-refractivity contribution is 0.305. The number of nitrogen functional groups attached to an aromatic ring is 1. The predicted octanol–water partition coefficient (Wildman–Crippen LogP) is 3.16. The molecule has 0 unspecified atom stereocenters. The van der Waals surface area contributed by atoms with Crippen molar-refractivity contribution in [2.75, 3.05) is 5.73 Å². The molecular weight excluding hydrogens is 258 g/mol. The number of pyridine rings is 1. The molecule has 3 rings (SSSR count). The number of rotatable bonds is 3. The number of aromatic nitrogens is 2. The van der Waals surface area contributed by atoms with Crippen LogP contribution in [0.15, 0.2) is 35.8 Å². The maximum atomic E-state index is 5.91. The fourth-order valence-corrected chi connectivity index (χ4v) is 2.52. The van der Waals surface area contributed by atoms with E-state index in [2.05, 4.69) is 9.97 Å². The van der Waals surface area contributed by atoms with Crippen LogP contribution in [0.5, 0.6) is 5.75 Å². The predicted molar refractivity (Wildman–Crippen MR) is 77.3 cm³/mol. The van der Waals surface area contributed by atoms with Gasteiger partial charge >= 0.3 is 0 Å². The molecule has 0 saturated carbocycles. The van der Waals surface area contributed by atoms with Gasteiger partial charge in [0.1, 0.15) is 12.4 Å². The number of anilines is 1. The Morgan fingerprint density at radius 1 is 1.32 bits per heavy atom. The van der Waals surface area contributed by atoms with Crippen LogP contribution in [0, 0.1) is 6.92 Å². The van der Waals surface area contributed by atoms with Gasteiger partial charge in [0.2, 0.25) is 0 Å². The molecule has 1 aromatic carbocycles. The van der Waals surface area contributed by atoms with Crippen LogP contribution in [0.3, 0.4) is 0 Å². The number of ether oxygens (including phenoxy) is 1. The lowest BCUT2D eigenvalue weighted by Gasteiger charge is -2.09. The molecule has 2 heterocycles. The van der Waals surface area contributed by atoms with Gasteiger partial charge in [-0.25, -0.2) is 4.98 Å². The van der Waals surface area contributed by atoms with Gasteiger partial charge in [0.25, 0.3) is 0 Å². The lowest BCUT2D eigenvalue weighted by Crippen LogP contribution is -1.98. The van der Waals surface area contributed by atoms with Crippen LogP contribution in [0.25, 0.3) is 10.9 Å². The summed E-state index contributed by atoms with van der Waals surface area (Å²) in [5, 5.41) is 3.98. The molecule has 0 aliphatic heterocycles. The first-order chi connectivity index (χ1) is 9.24. The topological polar surface area (TPSA) is 61.0 Å². The Hall–Kier alpha value is -2.14. The third-order valence-electron chi connectivity index (χ3n) is 2.80. The summed E-state index contributed by atoms with van der Waals surface area (Å²) in [5.74, 6) is 0.781. The van der Waals surface area contributed by atoms with E-state index in [1.165, 1.54) is 0 Å². The number of nitrogens with two attached hydrogens (primary N) is 1. The standard InChI is InChI=1S/C14H13N3OS/c1-9-17-10(8-19-9)7-18-13-5-4-12(15)14-11(13)3-2-6-16-14/h2-6,8H,7,15H2,1H3. The van der Waals surface area contributed by atoms with Gasteiger partial charge in [-0.05, 0) is 31.2 Å². The average Bonchev–Trinajstić information content (AvgIpc) is 2.84. The quantitative estimate of drug-likeness (QED) is 0.743. The number of thiazole rings is 1. The van der Waals surface area contributed by atoms with E-state index in [9.17, 15) is 0 Å². The van der Waals surface area contributed by atoms with Crippen LogP contribution >= 0.6 is 11.3 Å². The van der Waals surface area contributed by atoms with E-state index in [-0.39, 0.29) is 0 Å². The molecule has 4 nitrogen and oxygen atoms in total. The minimum absolute atomic E-state index is 0.457. The summed E-state index contributed by atoms with van der Waals surface area (Å²) < 4.78 is 5.82. The van der Waals surface area contributed by atoms with E-state index in [0.29, 0.717) is 12.3 Å². The molecule has 0 radical (unpaired) electrons. The molecule has 0 aliphatic carbocycles. The first-order valence-electron chi connectivity index (χ1n) is 5.91. The van der Waals surface area contributed by atoms with E-state index in [0.717, 1.165) is 27.4 Å². The molecule has 0 atom stereocenters. The van der Waals surface area contributed by atoms with Crippen molar-refractivity contribution in [1.29, 1.82) is 0 Å². The Labute approximate surface area is 114 Å². The average molecular weight is 271 g/mol. The molecule has 2 aromatic heterocycles. The fourth-order valence-electron chi connectivity index (χ4n) is 1.92. The number of nitrogens with zero attached hydrogens (tertiary/aromatic N) is 2. The first kappa shape index (κ1) is 11.9. The molecular formula is C14H13N3OS. The molecule has 0 spiro atoms. The van der Waals surface area contributed by atoms with Crippen LogP contribution in [-0.2, 0) is 6.61 Å². The second-order valence-electron chi connectivity index (χ2n) is 4.20. The summed E-state index contributed by atoms with van der Waals surface area (Å²) in [4.78, 5) is 8.66. The summed E-state index contributed by atoms with van der Waals surface area (Å²) in [6.07, 6.45) is 1.73. The van der Waals surface area contributed by atoms with Crippen LogP contribution in [0.2, 0.25) is 0 Å². The highest BCUT2D eigenvalue weighted by molar-refractivity contribution is 7.09. The number of hydrogen-bond donors (Lipinski definition) is 1. The minimum Gasteiger partial charge on any atom is -0.487 e. The van der Waals surface area contributed by atoms with Crippen molar-refractivity contribution < 1.29 is 4.74 Å². The minimum atomic E-state index is 0.457. The lowest BCUT2D eigenvalue weighted by atomic mass is 10.2. The number of aryl methyl sites for hydroxylation is 1. The zero-order valence-corrected chi connectivity index (χ0v) is 11.3. The molecule has 0 amide bonds. The normalized spacial score (nSPS) is 10.8. The summed E-state index contributed by atoms with van der Waals surface area (Å²) in [6, 6.07) is 7.53. The molecule has 2 N–H and O–H groups in total. The summed E-state index contributed by atoms with van der Waals surface area (Å²) in [6.45, 7) is 2.44. The zero-order chi connectivity index (χ0) is 13.2. The van der Waals surface area contributed by atoms with E-state index in [1.807, 2.05) is 36.6 Å². The van der Waals surface area contributed by atoms with Crippen molar-refractivity contribution in [3.8, 4) is 5.75 Å². The zero-order valence-electron chi connectivity index (χ0n) is 10.5. The Kier molecular flexibility index (Phi) is 3.05. The smallest absolute Gasteiger partial charge is 0.131 e. The number of benzene rings is 1. The van der Waals surface area contributed by atoms with Gasteiger partial charge in [0, 0.05) is 17.0 Å². The van der Waals surface area contributed by atoms with Gasteiger partial charge in [0.05, 0.1) is 21.9 Å². The fraction of sp³-hybridized carbons (Fsp3) is 0.143. The van der Waals surface area contributed by atoms with Crippen molar-refractivity contribution in [3.63, 3.8) is 0 Å². The highest BCUT2D eigenvalue weighted by Gasteiger charge is 2.07. The van der Waals surface area contributed by atoms with Gasteiger partial charge in [-0.3, -0.25) is 4.98 Å². The highest BCUT2D eigenvalue weighted by Crippen LogP contribution is 2.28. The maximum absolute atomic E-state index is 5.91. The van der Waals surface area contributed by atoms with Crippen LogP contribution in [-0.4, -0.2) is 9.97 Å². The molecule has 0 fully saturated rings. The molecule has 96 valence electrons. The van der Waals surface area contributed by atoms with E-state index < -0.39 is 0 Å². The van der Waals surface area contributed by atoms with Gasteiger partial charge in [-0.15, -0.1) is 11.3 Å². The van der Waals surface area contributed by atoms with Gasteiger partial charge in [-0.2, -0.15) is 0 Å². The number of hydrogen-bond acceptors (Lipinski definition) is 5. The molecule has 3 aromatic rings. The Balaban J connectivity index is 1.91. The largest absolute Gasteiger partial charge is 0.487 e. The van der Waals surface area contributed by atoms with E-state index in [1.54, 1.807) is 17.5 Å². The maximum Gasteiger partial charge on any atom is 0.131 e. The van der Waals surface area contributed by atoms with Crippen molar-refractivity contribution in [1.82, 2.24) is 9.97 Å². The van der Waals surface area contributed by atoms with Gasteiger partial charge in [-0.1, -0.05) is 0 Å². The van der Waals surface area contributed by atoms with Crippen molar-refractivity contribution in [2.24, 2.45) is 0 Å². The molecule has 19 heavy (non-hydrogen) atoms. The summed E-state index contributed by atoms with van der Waals surface area (Å²) >= 11 is 1.62. The second-order valence-corrected chi connectivity index (χ2v) is 5.26. The molecule has 0 aliphatic rings. The Morgan fingerprint density at radius 2 is 2.21 bits per heavy atom. The summed E-state index contributed by atoms with van der Waals surface area (Å²) in [7, 11) is 0. The van der Waals surface area contributed by atoms with Crippen LogP contribution in [0.4, 0.5) is 5.69 Å². The van der Waals surface area contributed by atoms with E-state index in [4.69, 9.17) is 10.5 Å². The Morgan fingerprint density at radius 3 is 3.00 bits per heavy atom. The van der Waals surface area contributed by atoms with E-state index >= 15 is 0 Å².